The molecule has 0 bridgehead atoms. The molecule has 2 nitrogen and oxygen atoms in total. The molecule has 2 aliphatic carbocycles. The molecule has 2 unspecified atom stereocenters. The van der Waals surface area contributed by atoms with E-state index in [-0.39, 0.29) is 0 Å². The molecule has 0 heterocycles. The Bertz CT molecular complexity index is 995. The summed E-state index contributed by atoms with van der Waals surface area (Å²) in [5.41, 5.74) is 5.76. The van der Waals surface area contributed by atoms with Gasteiger partial charge in [0.05, 0.1) is 11.4 Å². The number of rotatable bonds is 7. The van der Waals surface area contributed by atoms with Crippen LogP contribution in [0.4, 0.5) is 21.5 Å². The Kier molecular flexibility index (Phi) is 6.04. The third-order valence-corrected chi connectivity index (χ3v) is 7.30. The summed E-state index contributed by atoms with van der Waals surface area (Å²) in [5, 5.41) is 0. The molecule has 4 rings (SSSR count). The van der Waals surface area contributed by atoms with E-state index in [9.17, 15) is 4.39 Å². The van der Waals surface area contributed by atoms with E-state index >= 15 is 0 Å². The third kappa shape index (κ3) is 4.82. The normalized spacial score (nSPS) is 21.9. The van der Waals surface area contributed by atoms with Crippen LogP contribution in [0.1, 0.15) is 69.6 Å². The molecule has 2 saturated carbocycles. The van der Waals surface area contributed by atoms with Crippen LogP contribution in [0, 0.1) is 18.3 Å². The molecule has 0 saturated heterocycles. The maximum Gasteiger partial charge on any atom is 0.109 e. The predicted octanol–water partition coefficient (Wildman–Crippen LogP) is 8.37. The van der Waals surface area contributed by atoms with Crippen molar-refractivity contribution in [2.75, 3.05) is 4.90 Å². The number of anilines is 2. The van der Waals surface area contributed by atoms with Gasteiger partial charge in [0.1, 0.15) is 5.67 Å². The minimum atomic E-state index is -1.21. The molecule has 1 spiro atoms. The average Bonchev–Trinajstić information content (AvgIpc) is 3.45. The molecule has 2 aliphatic rings. The first-order valence-corrected chi connectivity index (χ1v) is 11.9. The maximum atomic E-state index is 14.2. The average molecular weight is 433 g/mol. The van der Waals surface area contributed by atoms with E-state index in [4.69, 9.17) is 0 Å². The van der Waals surface area contributed by atoms with Crippen molar-refractivity contribution in [3.8, 4) is 0 Å². The molecular weight excluding hydrogens is 395 g/mol. The Balaban J connectivity index is 1.78. The van der Waals surface area contributed by atoms with Crippen molar-refractivity contribution in [2.45, 2.75) is 77.9 Å². The van der Waals surface area contributed by atoms with E-state index in [2.05, 4.69) is 73.4 Å². The highest BCUT2D eigenvalue weighted by Gasteiger charge is 2.49. The van der Waals surface area contributed by atoms with Gasteiger partial charge in [-0.25, -0.2) is 4.39 Å². The van der Waals surface area contributed by atoms with Crippen LogP contribution in [-0.2, 0) is 6.42 Å². The van der Waals surface area contributed by atoms with Crippen LogP contribution in [-0.4, -0.2) is 18.4 Å². The monoisotopic (exact) mass is 432 g/mol. The van der Waals surface area contributed by atoms with Crippen LogP contribution < -0.4 is 4.90 Å². The van der Waals surface area contributed by atoms with Gasteiger partial charge < -0.3 is 4.90 Å². The number of aliphatic imine (C=N–C) groups is 1. The van der Waals surface area contributed by atoms with Crippen LogP contribution in [0.2, 0.25) is 0 Å². The molecule has 32 heavy (non-hydrogen) atoms. The van der Waals surface area contributed by atoms with E-state index in [0.29, 0.717) is 23.8 Å². The summed E-state index contributed by atoms with van der Waals surface area (Å²) < 4.78 is 14.2. The second-order valence-electron chi connectivity index (χ2n) is 10.9. The van der Waals surface area contributed by atoms with E-state index in [0.717, 1.165) is 28.2 Å². The molecule has 0 aliphatic heterocycles. The second-order valence-corrected chi connectivity index (χ2v) is 10.9. The van der Waals surface area contributed by atoms with Crippen molar-refractivity contribution in [1.82, 2.24) is 0 Å². The first kappa shape index (κ1) is 22.8. The van der Waals surface area contributed by atoms with Gasteiger partial charge in [-0.3, -0.25) is 4.99 Å². The van der Waals surface area contributed by atoms with Gasteiger partial charge >= 0.3 is 0 Å². The summed E-state index contributed by atoms with van der Waals surface area (Å²) >= 11 is 0. The van der Waals surface area contributed by atoms with Crippen LogP contribution in [0.15, 0.2) is 48.0 Å². The second kappa shape index (κ2) is 8.50. The Labute approximate surface area is 193 Å². The fourth-order valence-corrected chi connectivity index (χ4v) is 5.78. The number of benzene rings is 2. The lowest BCUT2D eigenvalue weighted by atomic mass is 9.76. The fraction of sp³-hybridized carbons (Fsp3) is 0.483. The maximum absolute atomic E-state index is 14.2. The number of nitrogens with zero attached hydrogens (tertiary/aromatic N) is 2. The molecule has 0 amide bonds. The lowest BCUT2D eigenvalue weighted by Gasteiger charge is -2.42. The SMILES string of the molecule is C=Cc1cc(N=C)c(N(c2ccc(CC(C)(C)F)cc2)C2CC(C)CC3(CC3)C2)cc1C. The first-order chi connectivity index (χ1) is 15.1. The minimum absolute atomic E-state index is 0.416. The third-order valence-electron chi connectivity index (χ3n) is 7.30. The molecule has 170 valence electrons. The van der Waals surface area contributed by atoms with Crippen molar-refractivity contribution >= 4 is 29.9 Å². The van der Waals surface area contributed by atoms with Gasteiger partial charge in [-0.05, 0) is 112 Å². The Hall–Kier alpha value is -2.42. The Morgan fingerprint density at radius 2 is 1.88 bits per heavy atom. The predicted molar refractivity (Wildman–Crippen MR) is 136 cm³/mol. The van der Waals surface area contributed by atoms with Gasteiger partial charge in [0, 0.05) is 18.2 Å². The molecule has 2 atom stereocenters. The van der Waals surface area contributed by atoms with Crippen molar-refractivity contribution in [1.29, 1.82) is 0 Å². The summed E-state index contributed by atoms with van der Waals surface area (Å²) in [6.45, 7) is 15.6. The van der Waals surface area contributed by atoms with Gasteiger partial charge in [0.15, 0.2) is 0 Å². The van der Waals surface area contributed by atoms with Gasteiger partial charge in [-0.15, -0.1) is 0 Å². The lowest BCUT2D eigenvalue weighted by Crippen LogP contribution is -2.39. The summed E-state index contributed by atoms with van der Waals surface area (Å²) in [5.74, 6) is 0.707. The van der Waals surface area contributed by atoms with Gasteiger partial charge in [-0.2, -0.15) is 0 Å². The highest BCUT2D eigenvalue weighted by atomic mass is 19.1. The van der Waals surface area contributed by atoms with Crippen molar-refractivity contribution in [3.63, 3.8) is 0 Å². The molecular formula is C29H37FN2. The highest BCUT2D eigenvalue weighted by Crippen LogP contribution is 2.59. The van der Waals surface area contributed by atoms with Crippen molar-refractivity contribution < 1.29 is 4.39 Å². The van der Waals surface area contributed by atoms with E-state index < -0.39 is 5.67 Å². The molecule has 2 aromatic rings. The number of halogens is 1. The van der Waals surface area contributed by atoms with E-state index in [1.165, 1.54) is 37.7 Å². The number of hydrogen-bond donors (Lipinski definition) is 0. The van der Waals surface area contributed by atoms with Gasteiger partial charge in [-0.1, -0.05) is 31.7 Å². The zero-order valence-electron chi connectivity index (χ0n) is 20.1. The zero-order chi connectivity index (χ0) is 23.1. The highest BCUT2D eigenvalue weighted by molar-refractivity contribution is 5.80. The summed E-state index contributed by atoms with van der Waals surface area (Å²) in [6.07, 6.45) is 8.75. The summed E-state index contributed by atoms with van der Waals surface area (Å²) in [4.78, 5) is 6.90. The summed E-state index contributed by atoms with van der Waals surface area (Å²) in [6, 6.07) is 13.2. The molecule has 0 N–H and O–H groups in total. The Morgan fingerprint density at radius 1 is 1.19 bits per heavy atom. The van der Waals surface area contributed by atoms with Crippen LogP contribution >= 0.6 is 0 Å². The van der Waals surface area contributed by atoms with Gasteiger partial charge in [0.25, 0.3) is 0 Å². The quantitative estimate of drug-likeness (QED) is 0.401. The lowest BCUT2D eigenvalue weighted by molar-refractivity contribution is 0.217. The van der Waals surface area contributed by atoms with Crippen LogP contribution in [0.3, 0.4) is 0 Å². The van der Waals surface area contributed by atoms with Crippen LogP contribution in [0.5, 0.6) is 0 Å². The molecule has 0 aromatic heterocycles. The van der Waals surface area contributed by atoms with E-state index in [1.807, 2.05) is 6.08 Å². The van der Waals surface area contributed by atoms with Crippen LogP contribution in [0.25, 0.3) is 6.08 Å². The molecule has 3 heteroatoms. The number of hydrogen-bond acceptors (Lipinski definition) is 2. The molecule has 2 aromatic carbocycles. The molecule has 2 fully saturated rings. The first-order valence-electron chi connectivity index (χ1n) is 11.9. The van der Waals surface area contributed by atoms with Gasteiger partial charge in [0.2, 0.25) is 0 Å². The molecule has 0 radical (unpaired) electrons. The summed E-state index contributed by atoms with van der Waals surface area (Å²) in [7, 11) is 0. The smallest absolute Gasteiger partial charge is 0.109 e. The Morgan fingerprint density at radius 3 is 2.44 bits per heavy atom. The zero-order valence-corrected chi connectivity index (χ0v) is 20.1. The number of aryl methyl sites for hydroxylation is 1. The van der Waals surface area contributed by atoms with Crippen molar-refractivity contribution in [3.05, 3.63) is 59.7 Å². The standard InChI is InChI=1S/C29H37FN2/c1-7-23-16-26(31-6)27(15-21(23)3)32(25-14-20(2)17-29(19-25)12-13-29)24-10-8-22(9-11-24)18-28(4,5)30/h7-11,15-16,20,25H,1,6,12-14,17-19H2,2-5H3. The topological polar surface area (TPSA) is 15.6 Å². The fourth-order valence-electron chi connectivity index (χ4n) is 5.78. The van der Waals surface area contributed by atoms with E-state index in [1.54, 1.807) is 13.8 Å². The van der Waals surface area contributed by atoms with Crippen molar-refractivity contribution in [2.24, 2.45) is 16.3 Å². The minimum Gasteiger partial charge on any atom is -0.337 e. The largest absolute Gasteiger partial charge is 0.337 e. The number of alkyl halides is 1.